The molecule has 0 spiro atoms. The van der Waals surface area contributed by atoms with Crippen LogP contribution in [0.1, 0.15) is 5.56 Å². The van der Waals surface area contributed by atoms with Gasteiger partial charge in [-0.25, -0.2) is 5.43 Å². The van der Waals surface area contributed by atoms with Gasteiger partial charge in [0.2, 0.25) is 11.5 Å². The number of benzene rings is 3. The number of rotatable bonds is 12. The van der Waals surface area contributed by atoms with Gasteiger partial charge in [0.1, 0.15) is 0 Å². The third-order valence-electron chi connectivity index (χ3n) is 5.81. The molecule has 2 N–H and O–H groups in total. The number of ether oxygens (including phenoxy) is 5. The molecule has 3 aromatic carbocycles. The standard InChI is InChI=1S/C28H29N5O7S/c1-36-20-11-17(12-21(37-2)25(20)35)15-29-30-24(34)16-41-28-32-31-27(33(28)19-9-7-6-8-10-19)18-13-22(38-3)26(40-5)23(14-18)39-4/h6-15,35H,16H2,1-5H3,(H,30,34). The van der Waals surface area contributed by atoms with Crippen LogP contribution >= 0.6 is 11.8 Å². The van der Waals surface area contributed by atoms with Crippen LogP contribution in [0.15, 0.2) is 64.9 Å². The number of hydrogen-bond acceptors (Lipinski definition) is 11. The molecule has 0 fully saturated rings. The number of aromatic hydroxyl groups is 1. The molecule has 0 aliphatic rings. The van der Waals surface area contributed by atoms with E-state index >= 15 is 0 Å². The first-order valence-electron chi connectivity index (χ1n) is 12.1. The molecule has 1 amide bonds. The summed E-state index contributed by atoms with van der Waals surface area (Å²) in [5.74, 6) is 1.89. The molecule has 1 aromatic heterocycles. The Morgan fingerprint density at radius 1 is 0.902 bits per heavy atom. The fourth-order valence-corrected chi connectivity index (χ4v) is 4.64. The Hall–Kier alpha value is -4.91. The third-order valence-corrected chi connectivity index (χ3v) is 6.74. The summed E-state index contributed by atoms with van der Waals surface area (Å²) in [4.78, 5) is 12.6. The maximum atomic E-state index is 12.6. The Balaban J connectivity index is 1.56. The molecule has 0 unspecified atom stereocenters. The number of nitrogens with zero attached hydrogens (tertiary/aromatic N) is 4. The number of carbonyl (C=O) groups is 1. The van der Waals surface area contributed by atoms with Crippen LogP contribution in [0, 0.1) is 0 Å². The van der Waals surface area contributed by atoms with Crippen LogP contribution in [0.2, 0.25) is 0 Å². The zero-order valence-electron chi connectivity index (χ0n) is 23.1. The highest BCUT2D eigenvalue weighted by molar-refractivity contribution is 7.99. The number of phenols is 1. The first kappa shape index (κ1) is 29.1. The Morgan fingerprint density at radius 2 is 1.51 bits per heavy atom. The van der Waals surface area contributed by atoms with E-state index in [2.05, 4.69) is 20.7 Å². The van der Waals surface area contributed by atoms with Crippen molar-refractivity contribution >= 4 is 23.9 Å². The summed E-state index contributed by atoms with van der Waals surface area (Å²) in [7, 11) is 7.47. The number of methoxy groups -OCH3 is 5. The molecule has 0 saturated heterocycles. The molecule has 214 valence electrons. The molecule has 0 aliphatic heterocycles. The van der Waals surface area contributed by atoms with Crippen molar-refractivity contribution in [3.63, 3.8) is 0 Å². The van der Waals surface area contributed by atoms with E-state index in [9.17, 15) is 9.90 Å². The van der Waals surface area contributed by atoms with Crippen molar-refractivity contribution in [1.29, 1.82) is 0 Å². The van der Waals surface area contributed by atoms with Gasteiger partial charge in [-0.2, -0.15) is 5.10 Å². The lowest BCUT2D eigenvalue weighted by Crippen LogP contribution is -2.20. The molecule has 1 heterocycles. The van der Waals surface area contributed by atoms with Crippen LogP contribution in [0.4, 0.5) is 0 Å². The Labute approximate surface area is 240 Å². The SMILES string of the molecule is COc1cc(C=NNC(=O)CSc2nnc(-c3cc(OC)c(OC)c(OC)c3)n2-c2ccccc2)cc(OC)c1O. The molecule has 0 atom stereocenters. The molecule has 0 bridgehead atoms. The number of carbonyl (C=O) groups excluding carboxylic acids is 1. The second kappa shape index (κ2) is 13.4. The van der Waals surface area contributed by atoms with E-state index in [1.807, 2.05) is 34.9 Å². The van der Waals surface area contributed by atoms with E-state index in [0.29, 0.717) is 39.4 Å². The van der Waals surface area contributed by atoms with Gasteiger partial charge in [0.15, 0.2) is 34.0 Å². The van der Waals surface area contributed by atoms with Crippen molar-refractivity contribution in [3.05, 3.63) is 60.2 Å². The van der Waals surface area contributed by atoms with Crippen molar-refractivity contribution in [2.24, 2.45) is 5.10 Å². The Kier molecular flexibility index (Phi) is 9.53. The molecule has 41 heavy (non-hydrogen) atoms. The molecule has 4 rings (SSSR count). The van der Waals surface area contributed by atoms with Crippen LogP contribution in [0.5, 0.6) is 34.5 Å². The van der Waals surface area contributed by atoms with Gasteiger partial charge in [-0.15, -0.1) is 10.2 Å². The predicted octanol–water partition coefficient (Wildman–Crippen LogP) is 3.93. The molecule has 13 heteroatoms. The van der Waals surface area contributed by atoms with E-state index in [4.69, 9.17) is 23.7 Å². The third kappa shape index (κ3) is 6.47. The van der Waals surface area contributed by atoms with Gasteiger partial charge >= 0.3 is 0 Å². The van der Waals surface area contributed by atoms with Crippen LogP contribution in [-0.2, 0) is 4.79 Å². The molecular formula is C28H29N5O7S. The molecule has 0 saturated carbocycles. The van der Waals surface area contributed by atoms with E-state index in [-0.39, 0.29) is 28.9 Å². The highest BCUT2D eigenvalue weighted by atomic mass is 32.2. The monoisotopic (exact) mass is 579 g/mol. The number of hydrogen-bond donors (Lipinski definition) is 2. The Bertz CT molecular complexity index is 1490. The molecule has 4 aromatic rings. The van der Waals surface area contributed by atoms with Crippen molar-refractivity contribution in [2.45, 2.75) is 5.16 Å². The number of para-hydroxylation sites is 1. The average molecular weight is 580 g/mol. The first-order valence-corrected chi connectivity index (χ1v) is 13.1. The minimum atomic E-state index is -0.360. The zero-order valence-corrected chi connectivity index (χ0v) is 23.9. The number of nitrogens with one attached hydrogen (secondary N) is 1. The smallest absolute Gasteiger partial charge is 0.250 e. The summed E-state index contributed by atoms with van der Waals surface area (Å²) in [6.45, 7) is 0. The summed E-state index contributed by atoms with van der Waals surface area (Å²) in [5.41, 5.74) is 4.53. The van der Waals surface area contributed by atoms with Gasteiger partial charge in [0, 0.05) is 16.8 Å². The van der Waals surface area contributed by atoms with Gasteiger partial charge in [0.25, 0.3) is 5.91 Å². The second-order valence-corrected chi connectivity index (χ2v) is 9.19. The maximum Gasteiger partial charge on any atom is 0.250 e. The molecule has 0 aliphatic carbocycles. The zero-order chi connectivity index (χ0) is 29.4. The highest BCUT2D eigenvalue weighted by Gasteiger charge is 2.21. The van der Waals surface area contributed by atoms with Crippen LogP contribution in [-0.4, -0.2) is 73.3 Å². The maximum absolute atomic E-state index is 12.6. The van der Waals surface area contributed by atoms with Crippen LogP contribution < -0.4 is 29.1 Å². The largest absolute Gasteiger partial charge is 0.502 e. The normalized spacial score (nSPS) is 10.9. The van der Waals surface area contributed by atoms with Crippen LogP contribution in [0.3, 0.4) is 0 Å². The van der Waals surface area contributed by atoms with Crippen molar-refractivity contribution in [3.8, 4) is 51.6 Å². The predicted molar refractivity (Wildman–Crippen MR) is 154 cm³/mol. The van der Waals surface area contributed by atoms with Gasteiger partial charge in [-0.1, -0.05) is 30.0 Å². The van der Waals surface area contributed by atoms with Gasteiger partial charge in [-0.3, -0.25) is 9.36 Å². The van der Waals surface area contributed by atoms with Gasteiger partial charge < -0.3 is 28.8 Å². The highest BCUT2D eigenvalue weighted by Crippen LogP contribution is 2.42. The quantitative estimate of drug-likeness (QED) is 0.144. The van der Waals surface area contributed by atoms with Crippen molar-refractivity contribution in [1.82, 2.24) is 20.2 Å². The average Bonchev–Trinajstić information content (AvgIpc) is 3.44. The van der Waals surface area contributed by atoms with Crippen LogP contribution in [0.25, 0.3) is 17.1 Å². The molecule has 12 nitrogen and oxygen atoms in total. The lowest BCUT2D eigenvalue weighted by atomic mass is 10.1. The van der Waals surface area contributed by atoms with Gasteiger partial charge in [0.05, 0.1) is 47.5 Å². The van der Waals surface area contributed by atoms with E-state index < -0.39 is 0 Å². The summed E-state index contributed by atoms with van der Waals surface area (Å²) in [6.07, 6.45) is 1.42. The molecular weight excluding hydrogens is 550 g/mol. The van der Waals surface area contributed by atoms with Crippen molar-refractivity contribution < 1.29 is 33.6 Å². The number of amides is 1. The number of phenolic OH excluding ortho intramolecular Hbond substituents is 1. The number of thioether (sulfide) groups is 1. The fourth-order valence-electron chi connectivity index (χ4n) is 3.90. The lowest BCUT2D eigenvalue weighted by Gasteiger charge is -2.15. The van der Waals surface area contributed by atoms with E-state index in [1.165, 1.54) is 39.3 Å². The summed E-state index contributed by atoms with van der Waals surface area (Å²) < 4.78 is 28.6. The number of hydrazone groups is 1. The van der Waals surface area contributed by atoms with E-state index in [0.717, 1.165) is 5.69 Å². The minimum absolute atomic E-state index is 0.0137. The summed E-state index contributed by atoms with van der Waals surface area (Å²) >= 11 is 1.20. The summed E-state index contributed by atoms with van der Waals surface area (Å²) in [6, 6.07) is 16.2. The first-order chi connectivity index (χ1) is 19.9. The fraction of sp³-hybridized carbons (Fsp3) is 0.214. The minimum Gasteiger partial charge on any atom is -0.502 e. The Morgan fingerprint density at radius 3 is 2.07 bits per heavy atom. The summed E-state index contributed by atoms with van der Waals surface area (Å²) in [5, 5.41) is 23.3. The van der Waals surface area contributed by atoms with Gasteiger partial charge in [-0.05, 0) is 36.4 Å². The number of aromatic nitrogens is 3. The van der Waals surface area contributed by atoms with E-state index in [1.54, 1.807) is 38.5 Å². The second-order valence-electron chi connectivity index (χ2n) is 8.25. The van der Waals surface area contributed by atoms with Crippen molar-refractivity contribution in [2.75, 3.05) is 41.3 Å². The topological polar surface area (TPSA) is 139 Å². The lowest BCUT2D eigenvalue weighted by molar-refractivity contribution is -0.118. The molecule has 0 radical (unpaired) electrons.